The van der Waals surface area contributed by atoms with Crippen LogP contribution in [-0.4, -0.2) is 21.8 Å². The Morgan fingerprint density at radius 3 is 2.45 bits per heavy atom. The molecule has 2 heterocycles. The van der Waals surface area contributed by atoms with Crippen LogP contribution in [0.25, 0.3) is 0 Å². The maximum atomic E-state index is 12.9. The number of hydrogen-bond donors (Lipinski definition) is 4. The number of halogens is 1. The van der Waals surface area contributed by atoms with Crippen molar-refractivity contribution < 1.29 is 9.59 Å². The van der Waals surface area contributed by atoms with Crippen molar-refractivity contribution in [3.05, 3.63) is 75.0 Å². The van der Waals surface area contributed by atoms with Gasteiger partial charge < -0.3 is 16.0 Å². The summed E-state index contributed by atoms with van der Waals surface area (Å²) in [4.78, 5) is 44.8. The second-order valence-corrected chi connectivity index (χ2v) is 7.59. The minimum absolute atomic E-state index is 0.0675. The molecule has 0 saturated carbocycles. The molecule has 0 spiro atoms. The summed E-state index contributed by atoms with van der Waals surface area (Å²) in [5.74, 6) is -1.56. The van der Waals surface area contributed by atoms with Crippen LogP contribution in [0.1, 0.15) is 30.4 Å². The maximum absolute atomic E-state index is 12.9. The first-order valence-corrected chi connectivity index (χ1v) is 10.2. The molecule has 158 valence electrons. The van der Waals surface area contributed by atoms with E-state index in [0.29, 0.717) is 16.4 Å². The van der Waals surface area contributed by atoms with E-state index >= 15 is 0 Å². The summed E-state index contributed by atoms with van der Waals surface area (Å²) in [6, 6.07) is 14.2. The number of amides is 2. The minimum atomic E-state index is -0.949. The van der Waals surface area contributed by atoms with Gasteiger partial charge in [-0.25, -0.2) is 0 Å². The summed E-state index contributed by atoms with van der Waals surface area (Å²) in [5.41, 5.74) is 2.02. The van der Waals surface area contributed by atoms with E-state index in [1.54, 1.807) is 36.4 Å². The van der Waals surface area contributed by atoms with Crippen LogP contribution in [-0.2, 0) is 16.0 Å². The molecule has 1 atom stereocenters. The molecule has 31 heavy (non-hydrogen) atoms. The second-order valence-electron chi connectivity index (χ2n) is 7.15. The third-order valence-electron chi connectivity index (χ3n) is 5.00. The molecule has 0 fully saturated rings. The largest absolute Gasteiger partial charge is 0.326 e. The third-order valence-corrected chi connectivity index (χ3v) is 5.26. The summed E-state index contributed by atoms with van der Waals surface area (Å²) in [6.45, 7) is 2.04. The van der Waals surface area contributed by atoms with Crippen molar-refractivity contribution in [2.24, 2.45) is 0 Å². The van der Waals surface area contributed by atoms with Crippen LogP contribution in [0, 0.1) is 0 Å². The molecular formula is C22H20ClN5O3. The summed E-state index contributed by atoms with van der Waals surface area (Å²) in [7, 11) is 0. The molecule has 1 unspecified atom stereocenters. The molecular weight excluding hydrogens is 418 g/mol. The number of aromatic nitrogens is 2. The number of aryl methyl sites for hydroxylation is 1. The Labute approximate surface area is 183 Å². The van der Waals surface area contributed by atoms with Gasteiger partial charge in [0.25, 0.3) is 5.56 Å². The third kappa shape index (κ3) is 4.59. The van der Waals surface area contributed by atoms with Crippen LogP contribution in [0.4, 0.5) is 23.1 Å². The van der Waals surface area contributed by atoms with E-state index in [0.717, 1.165) is 12.0 Å². The van der Waals surface area contributed by atoms with Crippen LogP contribution in [0.3, 0.4) is 0 Å². The van der Waals surface area contributed by atoms with Gasteiger partial charge in [0.1, 0.15) is 5.82 Å². The highest BCUT2D eigenvalue weighted by Gasteiger charge is 2.34. The highest BCUT2D eigenvalue weighted by Crippen LogP contribution is 2.30. The molecule has 2 aromatic carbocycles. The van der Waals surface area contributed by atoms with Crippen LogP contribution < -0.4 is 21.5 Å². The Kier molecular flexibility index (Phi) is 5.73. The predicted octanol–water partition coefficient (Wildman–Crippen LogP) is 3.79. The van der Waals surface area contributed by atoms with Crippen molar-refractivity contribution in [1.29, 1.82) is 0 Å². The number of carbonyl (C=O) groups excluding carboxylic acids is 2. The fraction of sp³-hybridized carbons (Fsp3) is 0.182. The number of nitrogens with one attached hydrogen (secondary N) is 4. The number of anilines is 4. The van der Waals surface area contributed by atoms with Crippen LogP contribution in [0.2, 0.25) is 5.02 Å². The summed E-state index contributed by atoms with van der Waals surface area (Å²) in [6.07, 6.45) is 0.748. The smallest absolute Gasteiger partial charge is 0.258 e. The summed E-state index contributed by atoms with van der Waals surface area (Å²) in [5, 5.41) is 8.90. The number of carbonyl (C=O) groups is 2. The molecule has 1 aromatic heterocycles. The lowest BCUT2D eigenvalue weighted by molar-refractivity contribution is -0.123. The van der Waals surface area contributed by atoms with Crippen molar-refractivity contribution in [1.82, 2.24) is 9.97 Å². The molecule has 3 aromatic rings. The highest BCUT2D eigenvalue weighted by atomic mass is 35.5. The second kappa shape index (κ2) is 8.61. The number of hydrogen-bond acceptors (Lipinski definition) is 5. The average molecular weight is 438 g/mol. The van der Waals surface area contributed by atoms with Crippen molar-refractivity contribution in [2.45, 2.75) is 25.7 Å². The number of fused-ring (bicyclic) bond motifs is 1. The van der Waals surface area contributed by atoms with Gasteiger partial charge >= 0.3 is 0 Å². The van der Waals surface area contributed by atoms with Crippen molar-refractivity contribution in [3.63, 3.8) is 0 Å². The number of benzene rings is 2. The zero-order chi connectivity index (χ0) is 22.0. The summed E-state index contributed by atoms with van der Waals surface area (Å²) >= 11 is 5.88. The lowest BCUT2D eigenvalue weighted by atomic mass is 9.92. The first kappa shape index (κ1) is 20.6. The van der Waals surface area contributed by atoms with Crippen LogP contribution in [0.15, 0.2) is 53.3 Å². The summed E-state index contributed by atoms with van der Waals surface area (Å²) < 4.78 is 0. The molecule has 0 aliphatic carbocycles. The van der Waals surface area contributed by atoms with Gasteiger partial charge in [0, 0.05) is 22.8 Å². The van der Waals surface area contributed by atoms with Gasteiger partial charge in [0.05, 0.1) is 11.5 Å². The lowest BCUT2D eigenvalue weighted by Gasteiger charge is -2.23. The van der Waals surface area contributed by atoms with E-state index in [4.69, 9.17) is 11.6 Å². The Balaban J connectivity index is 1.60. The number of H-pyrrole nitrogens is 1. The van der Waals surface area contributed by atoms with E-state index in [1.807, 2.05) is 19.1 Å². The fourth-order valence-electron chi connectivity index (χ4n) is 3.38. The number of aromatic amines is 1. The van der Waals surface area contributed by atoms with Crippen LogP contribution >= 0.6 is 11.6 Å². The highest BCUT2D eigenvalue weighted by molar-refractivity contribution is 6.30. The van der Waals surface area contributed by atoms with E-state index in [2.05, 4.69) is 25.9 Å². The average Bonchev–Trinajstić information content (AvgIpc) is 2.75. The Morgan fingerprint density at radius 1 is 1.10 bits per heavy atom. The maximum Gasteiger partial charge on any atom is 0.258 e. The van der Waals surface area contributed by atoms with Gasteiger partial charge in [-0.15, -0.1) is 0 Å². The molecule has 1 aliphatic rings. The number of rotatable bonds is 5. The first-order valence-electron chi connectivity index (χ1n) is 9.79. The van der Waals surface area contributed by atoms with Crippen LogP contribution in [0.5, 0.6) is 0 Å². The monoisotopic (exact) mass is 437 g/mol. The predicted molar refractivity (Wildman–Crippen MR) is 120 cm³/mol. The quantitative estimate of drug-likeness (QED) is 0.484. The molecule has 0 radical (unpaired) electrons. The standard InChI is InChI=1S/C22H20ClN5O3/c1-2-12-3-7-14(8-4-12)24-20(30)16-11-17(29)26-19-18(16)21(31)28-22(27-19)25-15-9-5-13(23)6-10-15/h3-10,16H,2,11H2,1H3,(H,24,30)(H3,25,26,27,28,29,31). The lowest BCUT2D eigenvalue weighted by Crippen LogP contribution is -2.36. The zero-order valence-electron chi connectivity index (χ0n) is 16.7. The molecule has 1 aliphatic heterocycles. The van der Waals surface area contributed by atoms with E-state index in [1.165, 1.54) is 0 Å². The molecule has 2 amide bonds. The van der Waals surface area contributed by atoms with Gasteiger partial charge in [-0.05, 0) is 48.4 Å². The Bertz CT molecular complexity index is 1190. The molecule has 4 N–H and O–H groups in total. The topological polar surface area (TPSA) is 116 Å². The molecule has 0 bridgehead atoms. The Morgan fingerprint density at radius 2 is 1.77 bits per heavy atom. The van der Waals surface area contributed by atoms with Gasteiger partial charge in [-0.3, -0.25) is 19.4 Å². The fourth-order valence-corrected chi connectivity index (χ4v) is 3.50. The van der Waals surface area contributed by atoms with Gasteiger partial charge in [-0.1, -0.05) is 30.7 Å². The minimum Gasteiger partial charge on any atom is -0.326 e. The van der Waals surface area contributed by atoms with Gasteiger partial charge in [-0.2, -0.15) is 4.98 Å². The molecule has 0 saturated heterocycles. The zero-order valence-corrected chi connectivity index (χ0v) is 17.4. The van der Waals surface area contributed by atoms with E-state index in [-0.39, 0.29) is 29.7 Å². The molecule has 8 nitrogen and oxygen atoms in total. The van der Waals surface area contributed by atoms with E-state index < -0.39 is 17.4 Å². The number of nitrogens with zero attached hydrogens (tertiary/aromatic N) is 1. The normalized spacial score (nSPS) is 15.0. The molecule has 9 heteroatoms. The SMILES string of the molecule is CCc1ccc(NC(=O)C2CC(=O)Nc3nc(Nc4ccc(Cl)cc4)[nH]c(=O)c32)cc1. The van der Waals surface area contributed by atoms with Crippen molar-refractivity contribution in [3.8, 4) is 0 Å². The molecule has 4 rings (SSSR count). The van der Waals surface area contributed by atoms with Gasteiger partial charge in [0.15, 0.2) is 0 Å². The van der Waals surface area contributed by atoms with E-state index in [9.17, 15) is 14.4 Å². The Hall–Kier alpha value is -3.65. The van der Waals surface area contributed by atoms with Crippen molar-refractivity contribution >= 4 is 46.6 Å². The van der Waals surface area contributed by atoms with Crippen molar-refractivity contribution in [2.75, 3.05) is 16.0 Å². The first-order chi connectivity index (χ1) is 14.9. The van der Waals surface area contributed by atoms with Gasteiger partial charge in [0.2, 0.25) is 17.8 Å².